The minimum atomic E-state index is -0.422. The van der Waals surface area contributed by atoms with Crippen molar-refractivity contribution in [2.24, 2.45) is 5.10 Å². The number of hydrogen-bond donors (Lipinski definition) is 1. The van der Waals surface area contributed by atoms with E-state index in [9.17, 15) is 10.1 Å². The lowest BCUT2D eigenvalue weighted by Gasteiger charge is -2.01. The Bertz CT molecular complexity index is 636. The third-order valence-corrected chi connectivity index (χ3v) is 3.28. The third kappa shape index (κ3) is 3.35. The molecule has 0 spiro atoms. The Morgan fingerprint density at radius 1 is 1.53 bits per heavy atom. The molecule has 0 radical (unpaired) electrons. The van der Waals surface area contributed by atoms with Crippen LogP contribution in [-0.4, -0.2) is 15.6 Å². The highest BCUT2D eigenvalue weighted by molar-refractivity contribution is 7.13. The first-order valence-corrected chi connectivity index (χ1v) is 6.41. The Labute approximate surface area is 114 Å². The van der Waals surface area contributed by atoms with Gasteiger partial charge in [-0.25, -0.2) is 4.98 Å². The molecule has 1 aromatic carbocycles. The molecule has 0 aliphatic heterocycles. The lowest BCUT2D eigenvalue weighted by atomic mass is 10.1. The number of non-ortho nitro benzene ring substituents is 1. The average molecular weight is 276 g/mol. The maximum atomic E-state index is 10.7. The first-order chi connectivity index (χ1) is 9.06. The van der Waals surface area contributed by atoms with Crippen LogP contribution in [0.1, 0.15) is 18.2 Å². The molecule has 0 aliphatic rings. The van der Waals surface area contributed by atoms with Gasteiger partial charge in [-0.05, 0) is 13.8 Å². The summed E-state index contributed by atoms with van der Waals surface area (Å²) in [4.78, 5) is 14.5. The lowest BCUT2D eigenvalue weighted by Crippen LogP contribution is -2.00. The number of nitro benzene ring substituents is 1. The van der Waals surface area contributed by atoms with Gasteiger partial charge in [-0.1, -0.05) is 12.1 Å². The van der Waals surface area contributed by atoms with Crippen molar-refractivity contribution in [1.82, 2.24) is 4.98 Å². The minimum Gasteiger partial charge on any atom is -0.258 e. The zero-order valence-electron chi connectivity index (χ0n) is 10.5. The van der Waals surface area contributed by atoms with E-state index in [1.165, 1.54) is 23.5 Å². The van der Waals surface area contributed by atoms with Gasteiger partial charge in [-0.3, -0.25) is 15.5 Å². The van der Waals surface area contributed by atoms with E-state index in [1.54, 1.807) is 19.1 Å². The fraction of sp³-hybridized carbons (Fsp3) is 0.167. The summed E-state index contributed by atoms with van der Waals surface area (Å²) >= 11 is 1.46. The van der Waals surface area contributed by atoms with Gasteiger partial charge in [0.15, 0.2) is 0 Å². The molecular weight excluding hydrogens is 264 g/mol. The molecule has 7 heteroatoms. The zero-order chi connectivity index (χ0) is 13.8. The maximum absolute atomic E-state index is 10.7. The van der Waals surface area contributed by atoms with Crippen molar-refractivity contribution in [3.63, 3.8) is 0 Å². The van der Waals surface area contributed by atoms with E-state index in [4.69, 9.17) is 0 Å². The van der Waals surface area contributed by atoms with E-state index in [-0.39, 0.29) is 5.69 Å². The van der Waals surface area contributed by atoms with Crippen LogP contribution in [0.5, 0.6) is 0 Å². The van der Waals surface area contributed by atoms with Crippen molar-refractivity contribution >= 4 is 27.9 Å². The van der Waals surface area contributed by atoms with Crippen molar-refractivity contribution in [3.8, 4) is 0 Å². The van der Waals surface area contributed by atoms with Crippen LogP contribution in [0, 0.1) is 17.0 Å². The molecule has 0 aliphatic carbocycles. The van der Waals surface area contributed by atoms with Crippen LogP contribution in [0.3, 0.4) is 0 Å². The number of hydrazone groups is 1. The summed E-state index contributed by atoms with van der Waals surface area (Å²) in [5.74, 6) is 0. The molecule has 2 aromatic rings. The molecule has 19 heavy (non-hydrogen) atoms. The van der Waals surface area contributed by atoms with Gasteiger partial charge in [0.2, 0.25) is 5.13 Å². The molecule has 1 aromatic heterocycles. The van der Waals surface area contributed by atoms with Gasteiger partial charge >= 0.3 is 0 Å². The molecule has 1 heterocycles. The van der Waals surface area contributed by atoms with E-state index in [0.29, 0.717) is 16.4 Å². The van der Waals surface area contributed by atoms with Gasteiger partial charge < -0.3 is 0 Å². The number of anilines is 1. The van der Waals surface area contributed by atoms with Crippen LogP contribution < -0.4 is 5.43 Å². The molecule has 0 amide bonds. The summed E-state index contributed by atoms with van der Waals surface area (Å²) in [7, 11) is 0. The minimum absolute atomic E-state index is 0.0529. The van der Waals surface area contributed by atoms with Gasteiger partial charge in [0.1, 0.15) is 0 Å². The number of aryl methyl sites for hydroxylation is 1. The number of nitrogens with zero attached hydrogens (tertiary/aromatic N) is 3. The van der Waals surface area contributed by atoms with Crippen LogP contribution in [0.2, 0.25) is 0 Å². The first-order valence-electron chi connectivity index (χ1n) is 5.53. The monoisotopic (exact) mass is 276 g/mol. The quantitative estimate of drug-likeness (QED) is 0.528. The number of thiazole rings is 1. The van der Waals surface area contributed by atoms with Crippen LogP contribution in [0.15, 0.2) is 34.7 Å². The number of nitro groups is 1. The number of nitrogens with one attached hydrogen (secondary N) is 1. The fourth-order valence-electron chi connectivity index (χ4n) is 1.45. The second kappa shape index (κ2) is 5.57. The molecule has 0 saturated carbocycles. The summed E-state index contributed by atoms with van der Waals surface area (Å²) < 4.78 is 0. The van der Waals surface area contributed by atoms with Crippen molar-refractivity contribution in [3.05, 3.63) is 51.0 Å². The van der Waals surface area contributed by atoms with Crippen LogP contribution in [0.25, 0.3) is 0 Å². The largest absolute Gasteiger partial charge is 0.270 e. The Balaban J connectivity index is 2.16. The molecule has 0 saturated heterocycles. The molecule has 0 unspecified atom stereocenters. The summed E-state index contributed by atoms with van der Waals surface area (Å²) in [5.41, 5.74) is 5.18. The van der Waals surface area contributed by atoms with Gasteiger partial charge in [0, 0.05) is 23.1 Å². The summed E-state index contributed by atoms with van der Waals surface area (Å²) in [6, 6.07) is 6.36. The predicted molar refractivity (Wildman–Crippen MR) is 75.8 cm³/mol. The number of aromatic nitrogens is 1. The summed E-state index contributed by atoms with van der Waals surface area (Å²) in [6.07, 6.45) is 0. The topological polar surface area (TPSA) is 80.4 Å². The smallest absolute Gasteiger partial charge is 0.258 e. The Morgan fingerprint density at radius 3 is 2.95 bits per heavy atom. The number of rotatable bonds is 4. The van der Waals surface area contributed by atoms with E-state index in [0.717, 1.165) is 5.69 Å². The van der Waals surface area contributed by atoms with Crippen molar-refractivity contribution in [2.45, 2.75) is 13.8 Å². The van der Waals surface area contributed by atoms with Crippen LogP contribution >= 0.6 is 11.3 Å². The standard InChI is InChI=1S/C12H12N4O2S/c1-8-7-19-12(13-8)15-14-9(2)10-4-3-5-11(6-10)16(17)18/h3-7H,1-2H3,(H,13,15)/b14-9-. The molecule has 0 bridgehead atoms. The van der Waals surface area contributed by atoms with Crippen molar-refractivity contribution in [1.29, 1.82) is 0 Å². The normalized spacial score (nSPS) is 11.4. The zero-order valence-corrected chi connectivity index (χ0v) is 11.3. The number of hydrogen-bond acceptors (Lipinski definition) is 6. The molecule has 6 nitrogen and oxygen atoms in total. The van der Waals surface area contributed by atoms with Gasteiger partial charge in [0.25, 0.3) is 5.69 Å². The van der Waals surface area contributed by atoms with Crippen LogP contribution in [0.4, 0.5) is 10.8 Å². The van der Waals surface area contributed by atoms with Gasteiger partial charge in [0.05, 0.1) is 16.3 Å². The van der Waals surface area contributed by atoms with Crippen molar-refractivity contribution < 1.29 is 4.92 Å². The highest BCUT2D eigenvalue weighted by atomic mass is 32.1. The van der Waals surface area contributed by atoms with Gasteiger partial charge in [-0.2, -0.15) is 5.10 Å². The van der Waals surface area contributed by atoms with E-state index in [1.807, 2.05) is 12.3 Å². The second-order valence-corrected chi connectivity index (χ2v) is 4.77. The molecule has 0 fully saturated rings. The SMILES string of the molecule is C/C(=N/Nc1nc(C)cs1)c1cccc([N+](=O)[O-])c1. The van der Waals surface area contributed by atoms with Gasteiger partial charge in [-0.15, -0.1) is 11.3 Å². The molecule has 0 atom stereocenters. The average Bonchev–Trinajstić information content (AvgIpc) is 2.82. The highest BCUT2D eigenvalue weighted by Crippen LogP contribution is 2.16. The van der Waals surface area contributed by atoms with Crippen molar-refractivity contribution in [2.75, 3.05) is 5.43 Å². The molecule has 98 valence electrons. The second-order valence-electron chi connectivity index (χ2n) is 3.91. The van der Waals surface area contributed by atoms with Crippen LogP contribution in [-0.2, 0) is 0 Å². The molecular formula is C12H12N4O2S. The summed E-state index contributed by atoms with van der Waals surface area (Å²) in [5, 5.41) is 17.5. The first kappa shape index (κ1) is 13.2. The lowest BCUT2D eigenvalue weighted by molar-refractivity contribution is -0.384. The maximum Gasteiger partial charge on any atom is 0.270 e. The third-order valence-electron chi connectivity index (χ3n) is 2.41. The Morgan fingerprint density at radius 2 is 2.32 bits per heavy atom. The predicted octanol–water partition coefficient (Wildman–Crippen LogP) is 3.20. The fourth-order valence-corrected chi connectivity index (χ4v) is 2.08. The Kier molecular flexibility index (Phi) is 3.86. The van der Waals surface area contributed by atoms with E-state index >= 15 is 0 Å². The highest BCUT2D eigenvalue weighted by Gasteiger charge is 2.07. The van der Waals surface area contributed by atoms with E-state index < -0.39 is 4.92 Å². The van der Waals surface area contributed by atoms with E-state index in [2.05, 4.69) is 15.5 Å². The molecule has 1 N–H and O–H groups in total. The molecule has 2 rings (SSSR count). The Hall–Kier alpha value is -2.28. The number of benzene rings is 1. The summed E-state index contributed by atoms with van der Waals surface area (Å²) in [6.45, 7) is 3.69.